The van der Waals surface area contributed by atoms with Gasteiger partial charge in [-0.1, -0.05) is 6.07 Å². The summed E-state index contributed by atoms with van der Waals surface area (Å²) in [5.41, 5.74) is 1.35. The smallest absolute Gasteiger partial charge is 0.258 e. The summed E-state index contributed by atoms with van der Waals surface area (Å²) in [6.45, 7) is 3.17. The maximum absolute atomic E-state index is 12.8. The summed E-state index contributed by atoms with van der Waals surface area (Å²) >= 11 is 0. The molecule has 0 unspecified atom stereocenters. The van der Waals surface area contributed by atoms with E-state index in [1.165, 1.54) is 10.4 Å². The highest BCUT2D eigenvalue weighted by molar-refractivity contribution is 7.89. The van der Waals surface area contributed by atoms with Gasteiger partial charge in [-0.3, -0.25) is 4.79 Å². The largest absolute Gasteiger partial charge is 0.496 e. The third-order valence-electron chi connectivity index (χ3n) is 5.11. The Balaban J connectivity index is 1.60. The van der Waals surface area contributed by atoms with Crippen molar-refractivity contribution >= 4 is 15.9 Å². The molecule has 9 nitrogen and oxygen atoms in total. The van der Waals surface area contributed by atoms with E-state index in [2.05, 4.69) is 5.32 Å². The average Bonchev–Trinajstić information content (AvgIpc) is 2.82. The first kappa shape index (κ1) is 23.8. The van der Waals surface area contributed by atoms with Gasteiger partial charge in [-0.2, -0.15) is 4.31 Å². The Morgan fingerprint density at radius 2 is 1.72 bits per heavy atom. The Bertz CT molecular complexity index is 1030. The van der Waals surface area contributed by atoms with Gasteiger partial charge in [0.15, 0.2) is 6.61 Å². The molecule has 0 atom stereocenters. The predicted octanol–water partition coefficient (Wildman–Crippen LogP) is 1.73. The Morgan fingerprint density at radius 3 is 2.31 bits per heavy atom. The number of carbonyl (C=O) groups excluding carboxylic acids is 1. The van der Waals surface area contributed by atoms with Crippen molar-refractivity contribution in [1.82, 2.24) is 9.62 Å². The molecule has 174 valence electrons. The van der Waals surface area contributed by atoms with Gasteiger partial charge in [0.25, 0.3) is 5.91 Å². The minimum Gasteiger partial charge on any atom is -0.496 e. The van der Waals surface area contributed by atoms with Crippen LogP contribution in [-0.2, 0) is 26.1 Å². The molecule has 0 bridgehead atoms. The van der Waals surface area contributed by atoms with Crippen molar-refractivity contribution in [3.8, 4) is 17.2 Å². The zero-order chi connectivity index (χ0) is 23.1. The van der Waals surface area contributed by atoms with E-state index in [-0.39, 0.29) is 24.0 Å². The van der Waals surface area contributed by atoms with Crippen LogP contribution in [0.4, 0.5) is 0 Å². The molecule has 1 fully saturated rings. The van der Waals surface area contributed by atoms with Gasteiger partial charge in [0.05, 0.1) is 44.4 Å². The fraction of sp³-hybridized carbons (Fsp3) is 0.409. The highest BCUT2D eigenvalue weighted by atomic mass is 32.2. The second-order valence-electron chi connectivity index (χ2n) is 7.15. The van der Waals surface area contributed by atoms with E-state index in [4.69, 9.17) is 18.9 Å². The van der Waals surface area contributed by atoms with E-state index >= 15 is 0 Å². The molecule has 0 saturated carbocycles. The van der Waals surface area contributed by atoms with E-state index in [0.29, 0.717) is 49.1 Å². The molecule has 1 N–H and O–H groups in total. The van der Waals surface area contributed by atoms with Crippen LogP contribution < -0.4 is 19.5 Å². The Hall–Kier alpha value is -2.82. The van der Waals surface area contributed by atoms with Gasteiger partial charge in [0, 0.05) is 13.1 Å². The molecule has 0 aromatic heterocycles. The first-order chi connectivity index (χ1) is 15.4. The number of ether oxygens (including phenoxy) is 4. The van der Waals surface area contributed by atoms with Crippen LogP contribution in [-0.4, -0.2) is 65.8 Å². The van der Waals surface area contributed by atoms with Crippen LogP contribution >= 0.6 is 0 Å². The zero-order valence-electron chi connectivity index (χ0n) is 18.4. The number of carbonyl (C=O) groups is 1. The van der Waals surface area contributed by atoms with Gasteiger partial charge in [0.2, 0.25) is 10.0 Å². The predicted molar refractivity (Wildman–Crippen MR) is 118 cm³/mol. The minimum absolute atomic E-state index is 0.192. The van der Waals surface area contributed by atoms with E-state index in [1.54, 1.807) is 51.5 Å². The van der Waals surface area contributed by atoms with Crippen molar-refractivity contribution in [3.05, 3.63) is 47.5 Å². The number of hydrogen-bond donors (Lipinski definition) is 1. The van der Waals surface area contributed by atoms with Crippen LogP contribution in [0.25, 0.3) is 0 Å². The summed E-state index contributed by atoms with van der Waals surface area (Å²) in [5.74, 6) is 1.33. The summed E-state index contributed by atoms with van der Waals surface area (Å²) < 4.78 is 48.5. The topological polar surface area (TPSA) is 103 Å². The number of nitrogens with one attached hydrogen (secondary N) is 1. The van der Waals surface area contributed by atoms with E-state index in [0.717, 1.165) is 5.56 Å². The molecular formula is C22H28N2O7S. The lowest BCUT2D eigenvalue weighted by Gasteiger charge is -2.26. The molecule has 2 aromatic rings. The number of methoxy groups -OCH3 is 2. The fourth-order valence-electron chi connectivity index (χ4n) is 3.36. The standard InChI is InChI=1S/C22H28N2O7S/c1-16-13-17(32(26,27)24-9-11-30-12-10-24)7-8-19(16)31-15-22(25)23-14-18-20(28-2)5-4-6-21(18)29-3/h4-8,13H,9-12,14-15H2,1-3H3,(H,23,25). The Morgan fingerprint density at radius 1 is 1.06 bits per heavy atom. The van der Waals surface area contributed by atoms with Crippen LogP contribution in [0.3, 0.4) is 0 Å². The number of rotatable bonds is 9. The van der Waals surface area contributed by atoms with Gasteiger partial charge in [0.1, 0.15) is 17.2 Å². The minimum atomic E-state index is -3.59. The maximum Gasteiger partial charge on any atom is 0.258 e. The maximum atomic E-state index is 12.8. The van der Waals surface area contributed by atoms with Gasteiger partial charge in [-0.05, 0) is 42.8 Å². The number of sulfonamides is 1. The lowest BCUT2D eigenvalue weighted by Crippen LogP contribution is -2.40. The third-order valence-corrected chi connectivity index (χ3v) is 7.00. The lowest BCUT2D eigenvalue weighted by atomic mass is 10.1. The summed E-state index contributed by atoms with van der Waals surface area (Å²) in [5, 5.41) is 2.78. The first-order valence-corrected chi connectivity index (χ1v) is 11.6. The number of aryl methyl sites for hydroxylation is 1. The normalized spacial score (nSPS) is 14.6. The van der Waals surface area contributed by atoms with Crippen LogP contribution in [0.5, 0.6) is 17.2 Å². The Kier molecular flexibility index (Phi) is 7.94. The summed E-state index contributed by atoms with van der Waals surface area (Å²) in [7, 11) is -0.489. The highest BCUT2D eigenvalue weighted by Crippen LogP contribution is 2.28. The number of nitrogens with zero attached hydrogens (tertiary/aromatic N) is 1. The Labute approximate surface area is 188 Å². The molecule has 0 spiro atoms. The molecule has 1 saturated heterocycles. The second-order valence-corrected chi connectivity index (χ2v) is 9.09. The molecule has 3 rings (SSSR count). The van der Waals surface area contributed by atoms with Crippen molar-refractivity contribution in [2.75, 3.05) is 47.1 Å². The molecule has 10 heteroatoms. The highest BCUT2D eigenvalue weighted by Gasteiger charge is 2.26. The molecule has 1 amide bonds. The molecule has 0 aliphatic carbocycles. The zero-order valence-corrected chi connectivity index (χ0v) is 19.2. The van der Waals surface area contributed by atoms with Crippen molar-refractivity contribution in [2.45, 2.75) is 18.4 Å². The van der Waals surface area contributed by atoms with Crippen molar-refractivity contribution in [1.29, 1.82) is 0 Å². The van der Waals surface area contributed by atoms with Gasteiger partial charge < -0.3 is 24.3 Å². The molecular weight excluding hydrogens is 436 g/mol. The number of benzene rings is 2. The van der Waals surface area contributed by atoms with Gasteiger partial charge in [-0.15, -0.1) is 0 Å². The van der Waals surface area contributed by atoms with Crippen molar-refractivity contribution < 1.29 is 32.2 Å². The number of amides is 1. The summed E-state index contributed by atoms with van der Waals surface area (Å²) in [6.07, 6.45) is 0. The van der Waals surface area contributed by atoms with Crippen molar-refractivity contribution in [2.24, 2.45) is 0 Å². The van der Waals surface area contributed by atoms with Gasteiger partial charge >= 0.3 is 0 Å². The first-order valence-electron chi connectivity index (χ1n) is 10.1. The summed E-state index contributed by atoms with van der Waals surface area (Å²) in [4.78, 5) is 12.5. The monoisotopic (exact) mass is 464 g/mol. The molecule has 32 heavy (non-hydrogen) atoms. The number of morpholine rings is 1. The van der Waals surface area contributed by atoms with Crippen LogP contribution in [0, 0.1) is 6.92 Å². The lowest BCUT2D eigenvalue weighted by molar-refractivity contribution is -0.123. The van der Waals surface area contributed by atoms with E-state index < -0.39 is 10.0 Å². The van der Waals surface area contributed by atoms with Crippen molar-refractivity contribution in [3.63, 3.8) is 0 Å². The molecule has 2 aromatic carbocycles. The van der Waals surface area contributed by atoms with Gasteiger partial charge in [-0.25, -0.2) is 8.42 Å². The SMILES string of the molecule is COc1cccc(OC)c1CNC(=O)COc1ccc(S(=O)(=O)N2CCOCC2)cc1C. The van der Waals surface area contributed by atoms with Crippen LogP contribution in [0.2, 0.25) is 0 Å². The average molecular weight is 465 g/mol. The molecule has 1 aliphatic rings. The van der Waals surface area contributed by atoms with Crippen LogP contribution in [0.15, 0.2) is 41.3 Å². The van der Waals surface area contributed by atoms with Crippen LogP contribution in [0.1, 0.15) is 11.1 Å². The number of hydrogen-bond acceptors (Lipinski definition) is 7. The quantitative estimate of drug-likeness (QED) is 0.603. The summed E-state index contributed by atoms with van der Waals surface area (Å²) in [6, 6.07) is 9.99. The fourth-order valence-corrected chi connectivity index (χ4v) is 4.86. The van der Waals surface area contributed by atoms with E-state index in [9.17, 15) is 13.2 Å². The van der Waals surface area contributed by atoms with E-state index in [1.807, 2.05) is 0 Å². The molecule has 1 aliphatic heterocycles. The second kappa shape index (κ2) is 10.7. The molecule has 0 radical (unpaired) electrons. The molecule has 1 heterocycles. The third kappa shape index (κ3) is 5.50.